The number of fused-ring (bicyclic) bond motifs is 3. The summed E-state index contributed by atoms with van der Waals surface area (Å²) < 4.78 is 0. The average molecular weight is 341 g/mol. The van der Waals surface area contributed by atoms with E-state index in [-0.39, 0.29) is 0 Å². The first-order valence-electron chi connectivity index (χ1n) is 10.4. The topological polar surface area (TPSA) is 3.24 Å². The van der Waals surface area contributed by atoms with Gasteiger partial charge in [0, 0.05) is 36.9 Å². The Labute approximate surface area is 156 Å². The summed E-state index contributed by atoms with van der Waals surface area (Å²) in [6.45, 7) is 3.80. The molecular formula is C25H27N. The molecule has 26 heavy (non-hydrogen) atoms. The quantitative estimate of drug-likeness (QED) is 0.676. The van der Waals surface area contributed by atoms with Crippen LogP contribution in [0.4, 0.5) is 0 Å². The van der Waals surface area contributed by atoms with Crippen molar-refractivity contribution in [2.45, 2.75) is 42.9 Å². The molecule has 1 saturated heterocycles. The Balaban J connectivity index is 1.42. The van der Waals surface area contributed by atoms with E-state index in [1.807, 2.05) is 0 Å². The lowest BCUT2D eigenvalue weighted by atomic mass is 9.65. The third-order valence-electron chi connectivity index (χ3n) is 7.70. The number of allylic oxidation sites excluding steroid dienone is 2. The van der Waals surface area contributed by atoms with Crippen LogP contribution in [0.15, 0.2) is 60.7 Å². The van der Waals surface area contributed by atoms with E-state index in [4.69, 9.17) is 0 Å². The molecule has 1 nitrogen and oxygen atoms in total. The highest BCUT2D eigenvalue weighted by molar-refractivity contribution is 5.58. The summed E-state index contributed by atoms with van der Waals surface area (Å²) >= 11 is 0. The first-order chi connectivity index (χ1) is 12.9. The van der Waals surface area contributed by atoms with Gasteiger partial charge in [-0.1, -0.05) is 60.7 Å². The van der Waals surface area contributed by atoms with Crippen LogP contribution in [0.2, 0.25) is 0 Å². The van der Waals surface area contributed by atoms with Gasteiger partial charge >= 0.3 is 0 Å². The van der Waals surface area contributed by atoms with Crippen molar-refractivity contribution in [3.05, 3.63) is 82.9 Å². The van der Waals surface area contributed by atoms with Crippen LogP contribution in [0.25, 0.3) is 0 Å². The molecule has 4 atom stereocenters. The van der Waals surface area contributed by atoms with Crippen LogP contribution in [-0.2, 0) is 5.41 Å². The van der Waals surface area contributed by atoms with Gasteiger partial charge in [0.05, 0.1) is 0 Å². The van der Waals surface area contributed by atoms with Gasteiger partial charge in [-0.05, 0) is 53.9 Å². The molecular weight excluding hydrogens is 314 g/mol. The molecule has 0 amide bonds. The number of rotatable bonds is 2. The summed E-state index contributed by atoms with van der Waals surface area (Å²) in [6, 6.07) is 18.7. The van der Waals surface area contributed by atoms with Gasteiger partial charge in [0.25, 0.3) is 0 Å². The Morgan fingerprint density at radius 2 is 1.73 bits per heavy atom. The van der Waals surface area contributed by atoms with Crippen molar-refractivity contribution in [3.8, 4) is 0 Å². The minimum Gasteiger partial charge on any atom is -0.301 e. The zero-order chi connectivity index (χ0) is 17.1. The van der Waals surface area contributed by atoms with Crippen molar-refractivity contribution in [3.63, 3.8) is 0 Å². The fourth-order valence-electron chi connectivity index (χ4n) is 6.67. The lowest BCUT2D eigenvalue weighted by Crippen LogP contribution is -2.35. The highest BCUT2D eigenvalue weighted by Gasteiger charge is 2.57. The third kappa shape index (κ3) is 2.01. The van der Waals surface area contributed by atoms with E-state index in [1.54, 1.807) is 22.3 Å². The standard InChI is InChI=1S/C25H27N/c1-2-8-18(9-3-1)15-26-16-24-20-11-5-4-10-19(20)22-14-25(24,17-26)23-13-7-6-12-21(22)23/h1-2,4-7,10-13,18,22,24H,3,8-9,14-17H2. The molecule has 1 spiro atoms. The molecule has 2 aromatic carbocycles. The van der Waals surface area contributed by atoms with E-state index < -0.39 is 0 Å². The van der Waals surface area contributed by atoms with E-state index in [0.29, 0.717) is 17.3 Å². The third-order valence-corrected chi connectivity index (χ3v) is 7.70. The molecule has 6 rings (SSSR count). The van der Waals surface area contributed by atoms with Crippen LogP contribution < -0.4 is 0 Å². The Morgan fingerprint density at radius 3 is 2.58 bits per heavy atom. The molecule has 2 aromatic rings. The van der Waals surface area contributed by atoms with Crippen LogP contribution in [0.5, 0.6) is 0 Å². The van der Waals surface area contributed by atoms with Crippen LogP contribution in [0, 0.1) is 5.92 Å². The second-order valence-corrected chi connectivity index (χ2v) is 9.03. The van der Waals surface area contributed by atoms with Crippen molar-refractivity contribution in [1.82, 2.24) is 4.90 Å². The van der Waals surface area contributed by atoms with Crippen LogP contribution >= 0.6 is 0 Å². The smallest absolute Gasteiger partial charge is 0.0173 e. The van der Waals surface area contributed by atoms with Crippen molar-refractivity contribution in [2.75, 3.05) is 19.6 Å². The molecule has 4 unspecified atom stereocenters. The molecule has 132 valence electrons. The maximum atomic E-state index is 2.82. The molecule has 0 saturated carbocycles. The molecule has 4 aliphatic rings. The van der Waals surface area contributed by atoms with Gasteiger partial charge in [-0.15, -0.1) is 0 Å². The normalized spacial score (nSPS) is 34.4. The van der Waals surface area contributed by atoms with Crippen molar-refractivity contribution in [1.29, 1.82) is 0 Å². The monoisotopic (exact) mass is 341 g/mol. The van der Waals surface area contributed by atoms with Crippen LogP contribution in [0.3, 0.4) is 0 Å². The highest BCUT2D eigenvalue weighted by atomic mass is 15.2. The van der Waals surface area contributed by atoms with E-state index in [0.717, 1.165) is 5.92 Å². The zero-order valence-corrected chi connectivity index (χ0v) is 15.4. The summed E-state index contributed by atoms with van der Waals surface area (Å²) in [5.41, 5.74) is 6.90. The lowest BCUT2D eigenvalue weighted by molar-refractivity contribution is 0.249. The Bertz CT molecular complexity index is 870. The van der Waals surface area contributed by atoms with Gasteiger partial charge in [0.2, 0.25) is 0 Å². The van der Waals surface area contributed by atoms with E-state index >= 15 is 0 Å². The van der Waals surface area contributed by atoms with Gasteiger partial charge in [0.15, 0.2) is 0 Å². The van der Waals surface area contributed by atoms with E-state index in [9.17, 15) is 0 Å². The summed E-state index contributed by atoms with van der Waals surface area (Å²) in [6.07, 6.45) is 10.0. The van der Waals surface area contributed by atoms with Crippen molar-refractivity contribution < 1.29 is 0 Å². The molecule has 1 heteroatoms. The average Bonchev–Trinajstić information content (AvgIpc) is 3.21. The van der Waals surface area contributed by atoms with Gasteiger partial charge in [-0.3, -0.25) is 0 Å². The first-order valence-corrected chi connectivity index (χ1v) is 10.4. The Morgan fingerprint density at radius 1 is 0.923 bits per heavy atom. The largest absolute Gasteiger partial charge is 0.301 e. The second-order valence-electron chi connectivity index (χ2n) is 9.03. The van der Waals surface area contributed by atoms with Gasteiger partial charge in [-0.2, -0.15) is 0 Å². The molecule has 2 bridgehead atoms. The SMILES string of the molecule is C1=CCC(CN2CC3c4ccccc4C4CC3(C2)c2ccccc24)CC1. The maximum absolute atomic E-state index is 2.82. The molecule has 3 aliphatic carbocycles. The summed E-state index contributed by atoms with van der Waals surface area (Å²) in [5.74, 6) is 2.16. The molecule has 0 radical (unpaired) electrons. The first kappa shape index (κ1) is 15.2. The van der Waals surface area contributed by atoms with Crippen LogP contribution in [0.1, 0.15) is 59.8 Å². The Hall–Kier alpha value is -1.86. The van der Waals surface area contributed by atoms with Gasteiger partial charge < -0.3 is 4.90 Å². The number of likely N-dealkylation sites (tertiary alicyclic amines) is 1. The maximum Gasteiger partial charge on any atom is 0.0173 e. The van der Waals surface area contributed by atoms with E-state index in [2.05, 4.69) is 65.6 Å². The predicted molar refractivity (Wildman–Crippen MR) is 107 cm³/mol. The summed E-state index contributed by atoms with van der Waals surface area (Å²) in [4.78, 5) is 2.82. The van der Waals surface area contributed by atoms with Gasteiger partial charge in [0.1, 0.15) is 0 Å². The summed E-state index contributed by atoms with van der Waals surface area (Å²) in [5, 5.41) is 0. The number of nitrogens with zero attached hydrogens (tertiary/aromatic N) is 1. The number of benzene rings is 2. The molecule has 1 fully saturated rings. The number of hydrogen-bond acceptors (Lipinski definition) is 1. The minimum absolute atomic E-state index is 0.361. The van der Waals surface area contributed by atoms with E-state index in [1.165, 1.54) is 45.3 Å². The Kier molecular flexibility index (Phi) is 3.26. The van der Waals surface area contributed by atoms with Crippen molar-refractivity contribution >= 4 is 0 Å². The number of hydrogen-bond donors (Lipinski definition) is 0. The van der Waals surface area contributed by atoms with Gasteiger partial charge in [-0.25, -0.2) is 0 Å². The lowest BCUT2D eigenvalue weighted by Gasteiger charge is -2.37. The molecule has 0 aromatic heterocycles. The highest BCUT2D eigenvalue weighted by Crippen LogP contribution is 2.63. The van der Waals surface area contributed by atoms with Crippen molar-refractivity contribution in [2.24, 2.45) is 5.92 Å². The fraction of sp³-hybridized carbons (Fsp3) is 0.440. The molecule has 1 aliphatic heterocycles. The van der Waals surface area contributed by atoms with Crippen LogP contribution in [-0.4, -0.2) is 24.5 Å². The second kappa shape index (κ2) is 5.57. The zero-order valence-electron chi connectivity index (χ0n) is 15.4. The minimum atomic E-state index is 0.361. The fourth-order valence-corrected chi connectivity index (χ4v) is 6.67. The summed E-state index contributed by atoms with van der Waals surface area (Å²) in [7, 11) is 0. The molecule has 1 heterocycles. The molecule has 0 N–H and O–H groups in total. The predicted octanol–water partition coefficient (Wildman–Crippen LogP) is 5.23.